The zero-order valence-electron chi connectivity index (χ0n) is 12.2. The monoisotopic (exact) mass is 292 g/mol. The zero-order valence-corrected chi connectivity index (χ0v) is 12.2. The molecule has 0 atom stereocenters. The van der Waals surface area contributed by atoms with Crippen LogP contribution in [0.25, 0.3) is 0 Å². The van der Waals surface area contributed by atoms with E-state index >= 15 is 0 Å². The van der Waals surface area contributed by atoms with Crippen LogP contribution >= 0.6 is 0 Å². The van der Waals surface area contributed by atoms with Gasteiger partial charge in [-0.05, 0) is 18.1 Å². The number of imidazole rings is 1. The van der Waals surface area contributed by atoms with Gasteiger partial charge in [-0.2, -0.15) is 0 Å². The van der Waals surface area contributed by atoms with E-state index in [2.05, 4.69) is 4.98 Å². The van der Waals surface area contributed by atoms with E-state index in [1.54, 1.807) is 13.3 Å². The van der Waals surface area contributed by atoms with Gasteiger partial charge in [-0.25, -0.2) is 9.78 Å². The molecule has 0 saturated heterocycles. The molecule has 3 rings (SSSR count). The number of rotatable bonds is 4. The lowest BCUT2D eigenvalue weighted by Gasteiger charge is -2.21. The molecule has 0 unspecified atom stereocenters. The number of carboxylic acid groups (broad SMARTS) is 1. The Kier molecular flexibility index (Phi) is 3.74. The molecular weight excluding hydrogens is 276 g/mol. The maximum atomic E-state index is 11.3. The molecule has 1 heterocycles. The SMILES string of the molecule is Cc1c(C(=O)O)ncn1C(c1ccccc1)c1ccccc1. The van der Waals surface area contributed by atoms with E-state index in [9.17, 15) is 9.90 Å². The Hall–Kier alpha value is -2.88. The molecule has 0 aliphatic heterocycles. The predicted octanol–water partition coefficient (Wildman–Crippen LogP) is 3.53. The third kappa shape index (κ3) is 2.51. The van der Waals surface area contributed by atoms with Crippen LogP contribution in [-0.4, -0.2) is 20.6 Å². The van der Waals surface area contributed by atoms with Crippen molar-refractivity contribution in [2.24, 2.45) is 0 Å². The van der Waals surface area contributed by atoms with Crippen molar-refractivity contribution in [2.45, 2.75) is 13.0 Å². The topological polar surface area (TPSA) is 55.1 Å². The van der Waals surface area contributed by atoms with Gasteiger partial charge in [0.25, 0.3) is 0 Å². The van der Waals surface area contributed by atoms with Crippen LogP contribution in [0.2, 0.25) is 0 Å². The van der Waals surface area contributed by atoms with Crippen molar-refractivity contribution in [1.82, 2.24) is 9.55 Å². The first-order valence-electron chi connectivity index (χ1n) is 7.05. The first-order chi connectivity index (χ1) is 10.7. The Balaban J connectivity index is 2.17. The van der Waals surface area contributed by atoms with Crippen molar-refractivity contribution >= 4 is 5.97 Å². The molecule has 0 fully saturated rings. The van der Waals surface area contributed by atoms with E-state index in [0.29, 0.717) is 5.69 Å². The summed E-state index contributed by atoms with van der Waals surface area (Å²) in [6.07, 6.45) is 1.60. The molecule has 0 aliphatic rings. The molecule has 4 heteroatoms. The Morgan fingerprint density at radius 1 is 1.00 bits per heavy atom. The van der Waals surface area contributed by atoms with Gasteiger partial charge < -0.3 is 9.67 Å². The smallest absolute Gasteiger partial charge is 0.356 e. The van der Waals surface area contributed by atoms with Gasteiger partial charge in [-0.15, -0.1) is 0 Å². The molecule has 1 aromatic heterocycles. The average molecular weight is 292 g/mol. The first kappa shape index (κ1) is 14.1. The summed E-state index contributed by atoms with van der Waals surface area (Å²) in [6, 6.07) is 19.9. The van der Waals surface area contributed by atoms with Crippen molar-refractivity contribution in [1.29, 1.82) is 0 Å². The first-order valence-corrected chi connectivity index (χ1v) is 7.05. The molecule has 0 radical (unpaired) electrons. The second kappa shape index (κ2) is 5.85. The molecule has 0 bridgehead atoms. The number of benzene rings is 2. The van der Waals surface area contributed by atoms with Gasteiger partial charge in [0.1, 0.15) is 0 Å². The molecule has 0 aliphatic carbocycles. The Bertz CT molecular complexity index is 740. The number of hydrogen-bond acceptors (Lipinski definition) is 2. The molecule has 0 saturated carbocycles. The van der Waals surface area contributed by atoms with Crippen LogP contribution in [0.5, 0.6) is 0 Å². The molecule has 1 N–H and O–H groups in total. The zero-order chi connectivity index (χ0) is 15.5. The van der Waals surface area contributed by atoms with Crippen molar-refractivity contribution < 1.29 is 9.90 Å². The van der Waals surface area contributed by atoms with Crippen LogP contribution in [-0.2, 0) is 0 Å². The van der Waals surface area contributed by atoms with Gasteiger partial charge in [0.2, 0.25) is 0 Å². The minimum Gasteiger partial charge on any atom is -0.476 e. The third-order valence-electron chi connectivity index (χ3n) is 3.75. The summed E-state index contributed by atoms with van der Waals surface area (Å²) in [7, 11) is 0. The fraction of sp³-hybridized carbons (Fsp3) is 0.111. The van der Waals surface area contributed by atoms with Crippen molar-refractivity contribution in [3.8, 4) is 0 Å². The van der Waals surface area contributed by atoms with Gasteiger partial charge in [0, 0.05) is 0 Å². The molecule has 0 amide bonds. The fourth-order valence-corrected chi connectivity index (χ4v) is 2.68. The normalized spacial score (nSPS) is 10.8. The maximum Gasteiger partial charge on any atom is 0.356 e. The standard InChI is InChI=1S/C18H16N2O2/c1-13-16(18(21)22)19-12-20(13)17(14-8-4-2-5-9-14)15-10-6-3-7-11-15/h2-12,17H,1H3,(H,21,22). The summed E-state index contributed by atoms with van der Waals surface area (Å²) in [6.45, 7) is 1.79. The van der Waals surface area contributed by atoms with Gasteiger partial charge in [-0.1, -0.05) is 60.7 Å². The minimum atomic E-state index is -1.00. The van der Waals surface area contributed by atoms with E-state index in [0.717, 1.165) is 11.1 Å². The maximum absolute atomic E-state index is 11.3. The summed E-state index contributed by atoms with van der Waals surface area (Å²) < 4.78 is 1.91. The van der Waals surface area contributed by atoms with E-state index < -0.39 is 5.97 Å². The van der Waals surface area contributed by atoms with Crippen LogP contribution < -0.4 is 0 Å². The van der Waals surface area contributed by atoms with Crippen LogP contribution in [0.1, 0.15) is 33.4 Å². The van der Waals surface area contributed by atoms with Gasteiger partial charge >= 0.3 is 5.97 Å². The molecular formula is C18H16N2O2. The number of aromatic nitrogens is 2. The lowest BCUT2D eigenvalue weighted by atomic mass is 9.98. The minimum absolute atomic E-state index is 0.0943. The quantitative estimate of drug-likeness (QED) is 0.800. The van der Waals surface area contributed by atoms with Crippen LogP contribution in [0.4, 0.5) is 0 Å². The van der Waals surface area contributed by atoms with Crippen molar-refractivity contribution in [3.05, 3.63) is 89.5 Å². The van der Waals surface area contributed by atoms with Crippen molar-refractivity contribution in [2.75, 3.05) is 0 Å². The predicted molar refractivity (Wildman–Crippen MR) is 84.0 cm³/mol. The van der Waals surface area contributed by atoms with Crippen LogP contribution in [0.3, 0.4) is 0 Å². The van der Waals surface area contributed by atoms with E-state index in [1.807, 2.05) is 65.2 Å². The lowest BCUT2D eigenvalue weighted by Crippen LogP contribution is -2.13. The Morgan fingerprint density at radius 3 is 1.91 bits per heavy atom. The van der Waals surface area contributed by atoms with E-state index in [1.165, 1.54) is 0 Å². The summed E-state index contributed by atoms with van der Waals surface area (Å²) in [4.78, 5) is 15.3. The summed E-state index contributed by atoms with van der Waals surface area (Å²) in [5, 5.41) is 9.23. The molecule has 110 valence electrons. The number of hydrogen-bond donors (Lipinski definition) is 1. The van der Waals surface area contributed by atoms with Gasteiger partial charge in [-0.3, -0.25) is 0 Å². The lowest BCUT2D eigenvalue weighted by molar-refractivity contribution is 0.0690. The number of carboxylic acids is 1. The fourth-order valence-electron chi connectivity index (χ4n) is 2.68. The van der Waals surface area contributed by atoms with Gasteiger partial charge in [0.15, 0.2) is 5.69 Å². The molecule has 0 spiro atoms. The largest absolute Gasteiger partial charge is 0.476 e. The molecule has 3 aromatic rings. The second-order valence-corrected chi connectivity index (χ2v) is 5.11. The Morgan fingerprint density at radius 2 is 1.50 bits per heavy atom. The highest BCUT2D eigenvalue weighted by Crippen LogP contribution is 2.28. The average Bonchev–Trinajstić information content (AvgIpc) is 2.92. The highest BCUT2D eigenvalue weighted by molar-refractivity contribution is 5.86. The summed E-state index contributed by atoms with van der Waals surface area (Å²) in [5.41, 5.74) is 2.92. The number of carbonyl (C=O) groups is 1. The van der Waals surface area contributed by atoms with Gasteiger partial charge in [0.05, 0.1) is 18.1 Å². The second-order valence-electron chi connectivity index (χ2n) is 5.11. The summed E-state index contributed by atoms with van der Waals surface area (Å²) >= 11 is 0. The molecule has 4 nitrogen and oxygen atoms in total. The third-order valence-corrected chi connectivity index (χ3v) is 3.75. The number of nitrogens with zero attached hydrogens (tertiary/aromatic N) is 2. The van der Waals surface area contributed by atoms with E-state index in [4.69, 9.17) is 0 Å². The Labute approximate surface area is 128 Å². The van der Waals surface area contributed by atoms with Crippen molar-refractivity contribution in [3.63, 3.8) is 0 Å². The number of aromatic carboxylic acids is 1. The molecule has 2 aromatic carbocycles. The summed E-state index contributed by atoms with van der Waals surface area (Å²) in [5.74, 6) is -1.00. The highest BCUT2D eigenvalue weighted by Gasteiger charge is 2.21. The van der Waals surface area contributed by atoms with Crippen LogP contribution in [0, 0.1) is 6.92 Å². The van der Waals surface area contributed by atoms with Crippen LogP contribution in [0.15, 0.2) is 67.0 Å². The highest BCUT2D eigenvalue weighted by atomic mass is 16.4. The molecule has 22 heavy (non-hydrogen) atoms. The van der Waals surface area contributed by atoms with E-state index in [-0.39, 0.29) is 11.7 Å².